The Morgan fingerprint density at radius 1 is 0.933 bits per heavy atom. The fourth-order valence-corrected chi connectivity index (χ4v) is 3.95. The lowest BCUT2D eigenvalue weighted by molar-refractivity contribution is -0.132. The fourth-order valence-electron chi connectivity index (χ4n) is 3.95. The SMILES string of the molecule is CCCC1CCC(C=CC(F)(F)Oc2ccc(-c3cc(F)c(F)c(F)c3)cc2)CC1. The molecule has 0 aromatic heterocycles. The smallest absolute Gasteiger partial charge is 0.419 e. The Morgan fingerprint density at radius 3 is 2.10 bits per heavy atom. The van der Waals surface area contributed by atoms with Crippen LogP contribution in [0, 0.1) is 29.3 Å². The van der Waals surface area contributed by atoms with E-state index >= 15 is 0 Å². The van der Waals surface area contributed by atoms with E-state index in [-0.39, 0.29) is 17.2 Å². The van der Waals surface area contributed by atoms with E-state index < -0.39 is 23.6 Å². The van der Waals surface area contributed by atoms with E-state index in [4.69, 9.17) is 4.74 Å². The summed E-state index contributed by atoms with van der Waals surface area (Å²) < 4.78 is 73.0. The van der Waals surface area contributed by atoms with Gasteiger partial charge in [-0.3, -0.25) is 0 Å². The Labute approximate surface area is 173 Å². The first-order valence-corrected chi connectivity index (χ1v) is 10.3. The van der Waals surface area contributed by atoms with Gasteiger partial charge in [-0.25, -0.2) is 13.2 Å². The predicted molar refractivity (Wildman–Crippen MR) is 107 cm³/mol. The molecule has 1 nitrogen and oxygen atoms in total. The second-order valence-electron chi connectivity index (χ2n) is 7.87. The minimum absolute atomic E-state index is 0.0805. The normalized spacial score (nSPS) is 19.9. The van der Waals surface area contributed by atoms with Gasteiger partial charge in [0, 0.05) is 6.08 Å². The van der Waals surface area contributed by atoms with Crippen LogP contribution in [0.2, 0.25) is 0 Å². The van der Waals surface area contributed by atoms with Crippen LogP contribution in [0.25, 0.3) is 11.1 Å². The topological polar surface area (TPSA) is 9.23 Å². The second kappa shape index (κ2) is 9.63. The van der Waals surface area contributed by atoms with Gasteiger partial charge in [0.15, 0.2) is 17.5 Å². The molecule has 0 amide bonds. The van der Waals surface area contributed by atoms with Crippen molar-refractivity contribution in [3.05, 3.63) is 66.0 Å². The highest BCUT2D eigenvalue weighted by Gasteiger charge is 2.29. The number of halogens is 5. The highest BCUT2D eigenvalue weighted by atomic mass is 19.3. The first-order chi connectivity index (χ1) is 14.3. The molecule has 0 spiro atoms. The van der Waals surface area contributed by atoms with Crippen molar-refractivity contribution in [1.29, 1.82) is 0 Å². The number of benzene rings is 2. The molecule has 3 rings (SSSR count). The summed E-state index contributed by atoms with van der Waals surface area (Å²) >= 11 is 0. The van der Waals surface area contributed by atoms with Crippen LogP contribution in [-0.2, 0) is 0 Å². The zero-order valence-electron chi connectivity index (χ0n) is 16.8. The molecule has 1 fully saturated rings. The van der Waals surface area contributed by atoms with Crippen molar-refractivity contribution < 1.29 is 26.7 Å². The zero-order chi connectivity index (χ0) is 21.7. The van der Waals surface area contributed by atoms with Crippen LogP contribution >= 0.6 is 0 Å². The third kappa shape index (κ3) is 5.83. The average Bonchev–Trinajstić information content (AvgIpc) is 2.72. The Kier molecular flexibility index (Phi) is 7.16. The number of ether oxygens (including phenoxy) is 1. The largest absolute Gasteiger partial charge is 0.429 e. The fraction of sp³-hybridized carbons (Fsp3) is 0.417. The molecule has 2 aromatic carbocycles. The number of hydrogen-bond donors (Lipinski definition) is 0. The molecule has 1 saturated carbocycles. The van der Waals surface area contributed by atoms with E-state index in [1.807, 2.05) is 0 Å². The molecule has 0 unspecified atom stereocenters. The molecule has 2 aromatic rings. The lowest BCUT2D eigenvalue weighted by Crippen LogP contribution is -2.22. The minimum Gasteiger partial charge on any atom is -0.429 e. The van der Waals surface area contributed by atoms with E-state index in [1.54, 1.807) is 6.08 Å². The lowest BCUT2D eigenvalue weighted by atomic mass is 9.80. The summed E-state index contributed by atoms with van der Waals surface area (Å²) in [5.41, 5.74) is 0.450. The van der Waals surface area contributed by atoms with Gasteiger partial charge < -0.3 is 4.74 Å². The molecule has 0 radical (unpaired) electrons. The second-order valence-corrected chi connectivity index (χ2v) is 7.87. The van der Waals surface area contributed by atoms with Crippen LogP contribution in [0.5, 0.6) is 5.75 Å². The number of allylic oxidation sites excluding steroid dienone is 1. The van der Waals surface area contributed by atoms with E-state index in [0.29, 0.717) is 11.5 Å². The van der Waals surface area contributed by atoms with Crippen molar-refractivity contribution in [3.63, 3.8) is 0 Å². The Hall–Kier alpha value is -2.37. The molecule has 0 heterocycles. The maximum Gasteiger partial charge on any atom is 0.419 e. The minimum atomic E-state index is -3.46. The predicted octanol–water partition coefficient (Wildman–Crippen LogP) is 7.91. The summed E-state index contributed by atoms with van der Waals surface area (Å²) in [6.45, 7) is 2.16. The van der Waals surface area contributed by atoms with Gasteiger partial charge in [0.1, 0.15) is 5.75 Å². The van der Waals surface area contributed by atoms with Gasteiger partial charge in [-0.05, 0) is 72.9 Å². The van der Waals surface area contributed by atoms with Crippen molar-refractivity contribution in [1.82, 2.24) is 0 Å². The number of alkyl halides is 2. The lowest BCUT2D eigenvalue weighted by Gasteiger charge is -2.26. The highest BCUT2D eigenvalue weighted by molar-refractivity contribution is 5.64. The number of hydrogen-bond acceptors (Lipinski definition) is 1. The molecule has 30 heavy (non-hydrogen) atoms. The van der Waals surface area contributed by atoms with Gasteiger partial charge in [0.25, 0.3) is 0 Å². The van der Waals surface area contributed by atoms with Gasteiger partial charge in [-0.15, -0.1) is 0 Å². The van der Waals surface area contributed by atoms with Crippen LogP contribution in [0.1, 0.15) is 45.4 Å². The molecule has 0 N–H and O–H groups in total. The molecule has 1 aliphatic carbocycles. The molecule has 6 heteroatoms. The quantitative estimate of drug-likeness (QED) is 0.249. The van der Waals surface area contributed by atoms with E-state index in [9.17, 15) is 22.0 Å². The van der Waals surface area contributed by atoms with Crippen molar-refractivity contribution >= 4 is 0 Å². The van der Waals surface area contributed by atoms with Crippen molar-refractivity contribution in [2.24, 2.45) is 11.8 Å². The van der Waals surface area contributed by atoms with Crippen molar-refractivity contribution in [2.75, 3.05) is 0 Å². The first-order valence-electron chi connectivity index (χ1n) is 10.3. The van der Waals surface area contributed by atoms with Gasteiger partial charge in [-0.2, -0.15) is 8.78 Å². The maximum atomic E-state index is 14.2. The third-order valence-corrected chi connectivity index (χ3v) is 5.58. The summed E-state index contributed by atoms with van der Waals surface area (Å²) in [4.78, 5) is 0. The van der Waals surface area contributed by atoms with E-state index in [0.717, 1.165) is 50.3 Å². The maximum absolute atomic E-state index is 14.2. The summed E-state index contributed by atoms with van der Waals surface area (Å²) in [7, 11) is 0. The van der Waals surface area contributed by atoms with Crippen LogP contribution < -0.4 is 4.74 Å². The Bertz CT molecular complexity index is 845. The van der Waals surface area contributed by atoms with Gasteiger partial charge in [0.2, 0.25) is 0 Å². The number of rotatable bonds is 7. The molecular formula is C24H25F5O. The molecule has 0 saturated heterocycles. The van der Waals surface area contributed by atoms with Crippen LogP contribution in [0.15, 0.2) is 48.6 Å². The van der Waals surface area contributed by atoms with Gasteiger partial charge in [-0.1, -0.05) is 38.0 Å². The summed E-state index contributed by atoms with van der Waals surface area (Å²) in [6.07, 6.45) is 5.20. The van der Waals surface area contributed by atoms with Crippen molar-refractivity contribution in [3.8, 4) is 16.9 Å². The highest BCUT2D eigenvalue weighted by Crippen LogP contribution is 2.33. The summed E-state index contributed by atoms with van der Waals surface area (Å²) in [6, 6.07) is 7.03. The molecular weight excluding hydrogens is 399 g/mol. The molecule has 0 atom stereocenters. The van der Waals surface area contributed by atoms with Gasteiger partial charge in [0.05, 0.1) is 0 Å². The first kappa shape index (κ1) is 22.3. The van der Waals surface area contributed by atoms with E-state index in [1.165, 1.54) is 30.7 Å². The Morgan fingerprint density at radius 2 is 1.53 bits per heavy atom. The summed E-state index contributed by atoms with van der Waals surface area (Å²) in [5, 5.41) is 0. The van der Waals surface area contributed by atoms with Crippen LogP contribution in [-0.4, -0.2) is 6.11 Å². The van der Waals surface area contributed by atoms with E-state index in [2.05, 4.69) is 6.92 Å². The standard InChI is InChI=1S/C24H25F5O/c1-2-3-16-4-6-17(7-5-16)12-13-24(28,29)30-20-10-8-18(9-11-20)19-14-21(25)23(27)22(26)15-19/h8-17H,2-7H2,1H3. The molecule has 0 aliphatic heterocycles. The molecule has 162 valence electrons. The van der Waals surface area contributed by atoms with Crippen LogP contribution in [0.3, 0.4) is 0 Å². The monoisotopic (exact) mass is 424 g/mol. The third-order valence-electron chi connectivity index (χ3n) is 5.58. The zero-order valence-corrected chi connectivity index (χ0v) is 16.8. The summed E-state index contributed by atoms with van der Waals surface area (Å²) in [5.74, 6) is -3.42. The van der Waals surface area contributed by atoms with Crippen molar-refractivity contribution in [2.45, 2.75) is 51.6 Å². The molecule has 1 aliphatic rings. The Balaban J connectivity index is 1.60. The van der Waals surface area contributed by atoms with Crippen LogP contribution in [0.4, 0.5) is 22.0 Å². The average molecular weight is 424 g/mol. The van der Waals surface area contributed by atoms with Gasteiger partial charge >= 0.3 is 6.11 Å². The molecule has 0 bridgehead atoms.